The Labute approximate surface area is 198 Å². The molecule has 0 spiro atoms. The third kappa shape index (κ3) is 6.76. The molecule has 1 aliphatic heterocycles. The summed E-state index contributed by atoms with van der Waals surface area (Å²) in [5.41, 5.74) is 2.23. The van der Waals surface area contributed by atoms with Crippen molar-refractivity contribution in [2.24, 2.45) is 0 Å². The molecule has 0 amide bonds. The van der Waals surface area contributed by atoms with Gasteiger partial charge in [-0.15, -0.1) is 0 Å². The molecule has 2 N–H and O–H groups in total. The number of aliphatic hydroxyl groups excluding tert-OH is 2. The van der Waals surface area contributed by atoms with Gasteiger partial charge in [0.1, 0.15) is 0 Å². The van der Waals surface area contributed by atoms with E-state index in [1.807, 2.05) is 18.2 Å². The van der Waals surface area contributed by atoms with Gasteiger partial charge in [-0.1, -0.05) is 0 Å². The zero-order valence-corrected chi connectivity index (χ0v) is 20.8. The van der Waals surface area contributed by atoms with Crippen LogP contribution in [0.15, 0.2) is 54.6 Å². The molecule has 1 heterocycles. The Morgan fingerprint density at radius 3 is 1.81 bits per heavy atom. The molecule has 6 nitrogen and oxygen atoms in total. The van der Waals surface area contributed by atoms with E-state index in [0.29, 0.717) is 6.42 Å². The van der Waals surface area contributed by atoms with E-state index in [2.05, 4.69) is 109 Å². The van der Waals surface area contributed by atoms with E-state index in [1.165, 1.54) is 5.69 Å². The predicted molar refractivity (Wildman–Crippen MR) is 129 cm³/mol. The number of hydrogen-bond donors (Lipinski definition) is 2. The molecule has 2 aromatic carbocycles. The van der Waals surface area contributed by atoms with Crippen LogP contribution in [-0.4, -0.2) is 78.2 Å². The molecule has 3 rings (SSSR count). The summed E-state index contributed by atoms with van der Waals surface area (Å²) in [6, 6.07) is 22.0. The number of aliphatic hydroxyl groups is 2. The summed E-state index contributed by atoms with van der Waals surface area (Å²) < 4.78 is 1.06. The minimum atomic E-state index is -0.375. The van der Waals surface area contributed by atoms with Crippen LogP contribution in [-0.2, 0) is 18.7 Å². The second kappa shape index (κ2) is 12.0. The molecule has 1 aliphatic rings. The maximum absolute atomic E-state index is 8.56. The van der Waals surface area contributed by atoms with Gasteiger partial charge < -0.3 is 10.2 Å². The molecule has 1 fully saturated rings. The van der Waals surface area contributed by atoms with E-state index in [4.69, 9.17) is 10.2 Å². The van der Waals surface area contributed by atoms with E-state index >= 15 is 0 Å². The van der Waals surface area contributed by atoms with Crippen LogP contribution < -0.4 is 9.62 Å². The van der Waals surface area contributed by atoms with Crippen molar-refractivity contribution in [1.29, 1.82) is 0 Å². The van der Waals surface area contributed by atoms with Crippen molar-refractivity contribution < 1.29 is 29.0 Å². The standard InChI is InChI=1S/C17H21B2N4.C5H12O2.Pd/c1-20(2)18-19(21(3)4)23(17-13-9-6-10-14-17)15-22(18)16-11-7-5-8-12-16;1-4(6)3-5(2)7;/h5-13H,1-4H3;4-7H,3H2,1-2H3;/q-1;;. The van der Waals surface area contributed by atoms with Gasteiger partial charge in [0.15, 0.2) is 0 Å². The van der Waals surface area contributed by atoms with Gasteiger partial charge in [-0.05, 0) is 20.3 Å². The van der Waals surface area contributed by atoms with Crippen LogP contribution in [0.3, 0.4) is 0 Å². The van der Waals surface area contributed by atoms with E-state index in [1.54, 1.807) is 13.8 Å². The van der Waals surface area contributed by atoms with Crippen molar-refractivity contribution in [2.45, 2.75) is 32.5 Å². The number of anilines is 2. The Morgan fingerprint density at radius 2 is 1.39 bits per heavy atom. The first-order valence-electron chi connectivity index (χ1n) is 10.4. The molecule has 0 saturated carbocycles. The fraction of sp³-hybridized carbons (Fsp3) is 0.409. The van der Waals surface area contributed by atoms with Gasteiger partial charge in [-0.2, -0.15) is 0 Å². The molecule has 170 valence electrons. The summed E-state index contributed by atoms with van der Waals surface area (Å²) in [6.07, 6.45) is -0.278. The van der Waals surface area contributed by atoms with Crippen molar-refractivity contribution >= 4 is 29.4 Å². The molecule has 2 atom stereocenters. The number of benzene rings is 2. The molecule has 0 bridgehead atoms. The number of rotatable bonds is 6. The first-order chi connectivity index (χ1) is 14.6. The van der Waals surface area contributed by atoms with Crippen molar-refractivity contribution in [2.75, 3.05) is 37.8 Å². The van der Waals surface area contributed by atoms with Crippen molar-refractivity contribution in [3.05, 3.63) is 60.7 Å². The van der Waals surface area contributed by atoms with E-state index in [9.17, 15) is 0 Å². The van der Waals surface area contributed by atoms with E-state index in [-0.39, 0.29) is 26.0 Å². The molecule has 0 aromatic heterocycles. The van der Waals surface area contributed by atoms with Crippen LogP contribution in [0.4, 0.5) is 11.4 Å². The van der Waals surface area contributed by atoms with Crippen LogP contribution >= 0.6 is 0 Å². The average Bonchev–Trinajstić information content (AvgIpc) is 3.02. The van der Waals surface area contributed by atoms with Gasteiger partial charge in [-0.25, -0.2) is 0 Å². The molecule has 31 heavy (non-hydrogen) atoms. The molecule has 0 radical (unpaired) electrons. The number of para-hydroxylation sites is 2. The van der Waals surface area contributed by atoms with Crippen molar-refractivity contribution in [1.82, 2.24) is 9.62 Å². The Morgan fingerprint density at radius 1 is 0.871 bits per heavy atom. The SMILES string of the molecule is CC(O)CC(C)O.CN(C)B1B(N(C)C)N(c2ccccc2)[C](=[Pd])N1c1[c-]cccc1. The van der Waals surface area contributed by atoms with Crippen molar-refractivity contribution in [3.63, 3.8) is 0 Å². The first-order valence-corrected chi connectivity index (χ1v) is 11.2. The van der Waals surface area contributed by atoms with Crippen LogP contribution in [0.2, 0.25) is 0 Å². The van der Waals surface area contributed by atoms with Gasteiger partial charge in [0.2, 0.25) is 0 Å². The first kappa shape index (κ1) is 25.8. The van der Waals surface area contributed by atoms with Gasteiger partial charge in [0.05, 0.1) is 12.2 Å². The van der Waals surface area contributed by atoms with Gasteiger partial charge in [0.25, 0.3) is 0 Å². The zero-order valence-electron chi connectivity index (χ0n) is 19.2. The molecule has 1 saturated heterocycles. The normalized spacial score (nSPS) is 16.1. The fourth-order valence-electron chi connectivity index (χ4n) is 3.68. The molecule has 2 aromatic rings. The minimum absolute atomic E-state index is 0.156. The Balaban J connectivity index is 0.000000423. The Hall–Kier alpha value is -1.46. The maximum atomic E-state index is 8.56. The molecular formula is C22H33B2N4O2Pd-. The molecule has 2 unspecified atom stereocenters. The third-order valence-corrected chi connectivity index (χ3v) is 5.64. The Kier molecular flexibility index (Phi) is 9.96. The van der Waals surface area contributed by atoms with Gasteiger partial charge in [-0.3, -0.25) is 0 Å². The van der Waals surface area contributed by atoms with Crippen LogP contribution in [0.25, 0.3) is 0 Å². The predicted octanol–water partition coefficient (Wildman–Crippen LogP) is 1.76. The second-order valence-corrected chi connectivity index (χ2v) is 8.95. The van der Waals surface area contributed by atoms with E-state index < -0.39 is 0 Å². The summed E-state index contributed by atoms with van der Waals surface area (Å²) in [4.78, 5) is 9.16. The third-order valence-electron chi connectivity index (χ3n) is 4.89. The average molecular weight is 514 g/mol. The fourth-order valence-corrected chi connectivity index (χ4v) is 4.48. The molecule has 0 aliphatic carbocycles. The quantitative estimate of drug-likeness (QED) is 0.454. The van der Waals surface area contributed by atoms with Crippen LogP contribution in [0.5, 0.6) is 0 Å². The van der Waals surface area contributed by atoms with Crippen molar-refractivity contribution in [3.8, 4) is 0 Å². The van der Waals surface area contributed by atoms with Gasteiger partial charge >= 0.3 is 156 Å². The monoisotopic (exact) mass is 513 g/mol. The van der Waals surface area contributed by atoms with Crippen LogP contribution in [0.1, 0.15) is 20.3 Å². The van der Waals surface area contributed by atoms with Crippen LogP contribution in [0, 0.1) is 6.07 Å². The summed E-state index contributed by atoms with van der Waals surface area (Å²) in [7, 11) is 8.49. The Bertz CT molecular complexity index is 744. The zero-order chi connectivity index (χ0) is 23.1. The summed E-state index contributed by atoms with van der Waals surface area (Å²) in [5.74, 6) is 0. The van der Waals surface area contributed by atoms with Gasteiger partial charge in [0, 0.05) is 0 Å². The topological polar surface area (TPSA) is 53.4 Å². The van der Waals surface area contributed by atoms with E-state index in [0.717, 1.165) is 9.92 Å². The summed E-state index contributed by atoms with van der Waals surface area (Å²) >= 11 is 3.52. The molecular weight excluding hydrogens is 480 g/mol. The number of nitrogens with zero attached hydrogens (tertiary/aromatic N) is 4. The summed E-state index contributed by atoms with van der Waals surface area (Å²) in [6.45, 7) is 3.64. The molecule has 9 heteroatoms. The second-order valence-electron chi connectivity index (χ2n) is 8.25. The summed E-state index contributed by atoms with van der Waals surface area (Å²) in [5, 5.41) is 17.1. The number of hydrogen-bond acceptors (Lipinski definition) is 6.